The minimum atomic E-state index is -0.263. The van der Waals surface area contributed by atoms with Crippen molar-refractivity contribution in [1.29, 1.82) is 0 Å². The van der Waals surface area contributed by atoms with Gasteiger partial charge in [-0.15, -0.1) is 0 Å². The summed E-state index contributed by atoms with van der Waals surface area (Å²) >= 11 is 0. The molecular weight excluding hydrogens is 720 g/mol. The number of nitrogens with zero attached hydrogens (tertiary/aromatic N) is 2. The predicted octanol–water partition coefficient (Wildman–Crippen LogP) is 15.7. The van der Waals surface area contributed by atoms with Crippen molar-refractivity contribution in [3.05, 3.63) is 230 Å². The van der Waals surface area contributed by atoms with E-state index in [4.69, 9.17) is 0 Å². The number of fused-ring (bicyclic) bond motifs is 5. The highest BCUT2D eigenvalue weighted by molar-refractivity contribution is 6.21. The first-order valence-electron chi connectivity index (χ1n) is 20.0. The van der Waals surface area contributed by atoms with Gasteiger partial charge in [-0.05, 0) is 134 Å². The molecule has 0 aliphatic carbocycles. The van der Waals surface area contributed by atoms with Crippen LogP contribution < -0.4 is 4.90 Å². The Bertz CT molecular complexity index is 3240. The largest absolute Gasteiger partial charge is 0.311 e. The lowest BCUT2D eigenvalue weighted by Crippen LogP contribution is -2.09. The van der Waals surface area contributed by atoms with Gasteiger partial charge in [0.15, 0.2) is 0 Å². The Morgan fingerprint density at radius 2 is 0.712 bits per heavy atom. The van der Waals surface area contributed by atoms with Gasteiger partial charge in [-0.1, -0.05) is 146 Å². The van der Waals surface area contributed by atoms with Crippen molar-refractivity contribution < 1.29 is 4.39 Å². The molecule has 1 aromatic heterocycles. The molecule has 0 radical (unpaired) electrons. The molecule has 0 N–H and O–H groups in total. The van der Waals surface area contributed by atoms with Crippen LogP contribution in [0.15, 0.2) is 224 Å². The van der Waals surface area contributed by atoms with E-state index in [1.165, 1.54) is 72.2 Å². The Balaban J connectivity index is 0.995. The van der Waals surface area contributed by atoms with Gasteiger partial charge in [-0.3, -0.25) is 0 Å². The number of halogens is 1. The number of hydrogen-bond donors (Lipinski definition) is 0. The van der Waals surface area contributed by atoms with Gasteiger partial charge in [0.05, 0.1) is 11.0 Å². The van der Waals surface area contributed by atoms with Gasteiger partial charge < -0.3 is 9.47 Å². The van der Waals surface area contributed by atoms with Crippen LogP contribution in [0.5, 0.6) is 0 Å². The third kappa shape index (κ3) is 5.95. The van der Waals surface area contributed by atoms with Gasteiger partial charge in [0.1, 0.15) is 5.82 Å². The molecule has 59 heavy (non-hydrogen) atoms. The smallest absolute Gasteiger partial charge is 0.123 e. The summed E-state index contributed by atoms with van der Waals surface area (Å²) in [5, 5.41) is 7.33. The van der Waals surface area contributed by atoms with Crippen LogP contribution in [0, 0.1) is 5.82 Å². The maximum Gasteiger partial charge on any atom is 0.123 e. The van der Waals surface area contributed by atoms with Gasteiger partial charge >= 0.3 is 0 Å². The molecule has 0 saturated carbocycles. The molecule has 11 aromatic rings. The van der Waals surface area contributed by atoms with Gasteiger partial charge in [0.2, 0.25) is 0 Å². The van der Waals surface area contributed by atoms with E-state index in [0.29, 0.717) is 0 Å². The van der Waals surface area contributed by atoms with Crippen LogP contribution in [0.3, 0.4) is 0 Å². The van der Waals surface area contributed by atoms with Crippen molar-refractivity contribution in [3.63, 3.8) is 0 Å². The number of hydrogen-bond acceptors (Lipinski definition) is 1. The first-order chi connectivity index (χ1) is 29.2. The van der Waals surface area contributed by atoms with E-state index in [1.54, 1.807) is 0 Å². The summed E-state index contributed by atoms with van der Waals surface area (Å²) in [4.78, 5) is 2.19. The summed E-state index contributed by atoms with van der Waals surface area (Å²) in [6, 6.07) is 78.3. The van der Waals surface area contributed by atoms with E-state index >= 15 is 0 Å². The Labute approximate surface area is 342 Å². The molecule has 3 heteroatoms. The maximum atomic E-state index is 14.3. The molecule has 0 unspecified atom stereocenters. The Kier molecular flexibility index (Phi) is 8.37. The molecule has 0 bridgehead atoms. The lowest BCUT2D eigenvalue weighted by atomic mass is 9.86. The highest BCUT2D eigenvalue weighted by Gasteiger charge is 2.19. The van der Waals surface area contributed by atoms with Crippen LogP contribution in [0.2, 0.25) is 0 Å². The molecule has 0 aliphatic heterocycles. The lowest BCUT2D eigenvalue weighted by Gasteiger charge is -2.26. The van der Waals surface area contributed by atoms with E-state index in [9.17, 15) is 4.39 Å². The monoisotopic (exact) mass is 756 g/mol. The summed E-state index contributed by atoms with van der Waals surface area (Å²) in [5.74, 6) is -0.263. The van der Waals surface area contributed by atoms with Crippen molar-refractivity contribution in [2.24, 2.45) is 0 Å². The Morgan fingerprint density at radius 3 is 1.27 bits per heavy atom. The van der Waals surface area contributed by atoms with E-state index in [0.717, 1.165) is 39.4 Å². The van der Waals surface area contributed by atoms with Crippen molar-refractivity contribution in [2.75, 3.05) is 4.90 Å². The van der Waals surface area contributed by atoms with E-state index < -0.39 is 0 Å². The molecule has 11 rings (SSSR count). The average Bonchev–Trinajstić information content (AvgIpc) is 3.64. The number of aromatic nitrogens is 1. The number of para-hydroxylation sites is 2. The number of rotatable bonds is 7. The van der Waals surface area contributed by atoms with Crippen molar-refractivity contribution >= 4 is 60.4 Å². The predicted molar refractivity (Wildman–Crippen MR) is 247 cm³/mol. The van der Waals surface area contributed by atoms with Gasteiger partial charge in [0, 0.05) is 33.5 Å². The van der Waals surface area contributed by atoms with Crippen molar-refractivity contribution in [1.82, 2.24) is 4.57 Å². The zero-order valence-electron chi connectivity index (χ0n) is 32.1. The summed E-state index contributed by atoms with van der Waals surface area (Å²) in [7, 11) is 0. The maximum absolute atomic E-state index is 14.3. The summed E-state index contributed by atoms with van der Waals surface area (Å²) in [5.41, 5.74) is 13.4. The second kappa shape index (κ2) is 14.3. The molecule has 0 amide bonds. The molecule has 2 nitrogen and oxygen atoms in total. The van der Waals surface area contributed by atoms with Crippen LogP contribution in [-0.2, 0) is 0 Å². The second-order valence-corrected chi connectivity index (χ2v) is 15.0. The fourth-order valence-electron chi connectivity index (χ4n) is 8.98. The molecule has 0 spiro atoms. The standard InChI is InChI=1S/C56H37FN2/c57-42-28-34-46(35-29-42)58(44-30-23-38(24-31-44)41-27-36-54-52(37-41)47-17-11-12-22-53(47)59(54)43-15-5-2-6-16-43)45-32-25-40(26-33-45)56-50-20-9-7-18-48(50)55(39-13-3-1-4-14-39)49-19-8-10-21-51(49)56/h1-37H. The topological polar surface area (TPSA) is 8.17 Å². The summed E-state index contributed by atoms with van der Waals surface area (Å²) in [6.07, 6.45) is 0. The Morgan fingerprint density at radius 1 is 0.305 bits per heavy atom. The van der Waals surface area contributed by atoms with Gasteiger partial charge in [-0.2, -0.15) is 0 Å². The molecule has 0 fully saturated rings. The fourth-order valence-corrected chi connectivity index (χ4v) is 8.98. The summed E-state index contributed by atoms with van der Waals surface area (Å²) < 4.78 is 16.7. The SMILES string of the molecule is Fc1ccc(N(c2ccc(-c3ccc4c(c3)c3ccccc3n4-c3ccccc3)cc2)c2ccc(-c3c4ccccc4c(-c4ccccc4)c4ccccc34)cc2)cc1. The van der Waals surface area contributed by atoms with E-state index in [1.807, 2.05) is 12.1 Å². The molecular formula is C56H37FN2. The van der Waals surface area contributed by atoms with Gasteiger partial charge in [-0.25, -0.2) is 4.39 Å². The molecule has 278 valence electrons. The number of benzene rings is 10. The van der Waals surface area contributed by atoms with E-state index in [2.05, 4.69) is 210 Å². The van der Waals surface area contributed by atoms with Crippen molar-refractivity contribution in [2.45, 2.75) is 0 Å². The normalized spacial score (nSPS) is 11.5. The molecule has 10 aromatic carbocycles. The minimum Gasteiger partial charge on any atom is -0.311 e. The lowest BCUT2D eigenvalue weighted by molar-refractivity contribution is 0.628. The zero-order valence-corrected chi connectivity index (χ0v) is 32.1. The molecule has 0 aliphatic rings. The van der Waals surface area contributed by atoms with Crippen LogP contribution in [0.25, 0.3) is 82.4 Å². The highest BCUT2D eigenvalue weighted by atomic mass is 19.1. The van der Waals surface area contributed by atoms with Crippen LogP contribution in [0.1, 0.15) is 0 Å². The first kappa shape index (κ1) is 34.5. The van der Waals surface area contributed by atoms with Crippen molar-refractivity contribution in [3.8, 4) is 39.1 Å². The molecule has 1 heterocycles. The van der Waals surface area contributed by atoms with Crippen LogP contribution in [-0.4, -0.2) is 4.57 Å². The van der Waals surface area contributed by atoms with E-state index in [-0.39, 0.29) is 5.82 Å². The third-order valence-corrected chi connectivity index (χ3v) is 11.6. The quantitative estimate of drug-likeness (QED) is 0.147. The third-order valence-electron chi connectivity index (χ3n) is 11.6. The Hall–Kier alpha value is -7.75. The first-order valence-corrected chi connectivity index (χ1v) is 20.0. The fraction of sp³-hybridized carbons (Fsp3) is 0. The molecule has 0 atom stereocenters. The zero-order chi connectivity index (χ0) is 39.3. The second-order valence-electron chi connectivity index (χ2n) is 15.0. The van der Waals surface area contributed by atoms with Gasteiger partial charge in [0.25, 0.3) is 0 Å². The highest BCUT2D eigenvalue weighted by Crippen LogP contribution is 2.45. The minimum absolute atomic E-state index is 0.263. The average molecular weight is 757 g/mol. The number of anilines is 3. The van der Waals surface area contributed by atoms with Crippen LogP contribution in [0.4, 0.5) is 21.5 Å². The summed E-state index contributed by atoms with van der Waals surface area (Å²) in [6.45, 7) is 0. The van der Waals surface area contributed by atoms with Crippen LogP contribution >= 0.6 is 0 Å². The molecule has 0 saturated heterocycles.